The Morgan fingerprint density at radius 3 is 2.73 bits per heavy atom. The van der Waals surface area contributed by atoms with Crippen molar-refractivity contribution in [2.75, 3.05) is 24.3 Å². The number of benzene rings is 1. The van der Waals surface area contributed by atoms with E-state index in [-0.39, 0.29) is 5.82 Å². The summed E-state index contributed by atoms with van der Waals surface area (Å²) in [6.07, 6.45) is 1.65. The predicted octanol–water partition coefficient (Wildman–Crippen LogP) is 2.98. The quantitative estimate of drug-likeness (QED) is 0.578. The molecular formula is C14H15N5O2S. The summed E-state index contributed by atoms with van der Waals surface area (Å²) in [4.78, 5) is 17.7. The van der Waals surface area contributed by atoms with Gasteiger partial charge in [0.25, 0.3) is 4.96 Å². The van der Waals surface area contributed by atoms with Gasteiger partial charge in [0.05, 0.1) is 0 Å². The molecule has 0 amide bonds. The molecule has 0 fully saturated rings. The van der Waals surface area contributed by atoms with Crippen molar-refractivity contribution in [1.29, 1.82) is 0 Å². The van der Waals surface area contributed by atoms with Crippen LogP contribution in [-0.4, -0.2) is 28.4 Å². The summed E-state index contributed by atoms with van der Waals surface area (Å²) in [5.41, 5.74) is 2.15. The van der Waals surface area contributed by atoms with Crippen molar-refractivity contribution in [3.8, 4) is 0 Å². The van der Waals surface area contributed by atoms with Crippen LogP contribution in [0.15, 0.2) is 35.8 Å². The highest BCUT2D eigenvalue weighted by molar-refractivity contribution is 7.15. The first kappa shape index (κ1) is 14.3. The summed E-state index contributed by atoms with van der Waals surface area (Å²) >= 11 is 1.37. The molecule has 0 saturated heterocycles. The minimum atomic E-state index is -0.413. The van der Waals surface area contributed by atoms with Gasteiger partial charge in [0, 0.05) is 31.7 Å². The largest absolute Gasteiger partial charge is 0.378 e. The molecule has 2 aromatic heterocycles. The zero-order valence-electron chi connectivity index (χ0n) is 12.2. The second kappa shape index (κ2) is 5.64. The average Bonchev–Trinajstić information content (AvgIpc) is 3.05. The summed E-state index contributed by atoms with van der Waals surface area (Å²) < 4.78 is 1.49. The van der Waals surface area contributed by atoms with E-state index in [1.54, 1.807) is 11.6 Å². The molecule has 8 heteroatoms. The first-order chi connectivity index (χ1) is 10.6. The van der Waals surface area contributed by atoms with E-state index in [4.69, 9.17) is 0 Å². The fraction of sp³-hybridized carbons (Fsp3) is 0.214. The molecule has 1 N–H and O–H groups in total. The maximum Gasteiger partial charge on any atom is 0.372 e. The molecule has 0 radical (unpaired) electrons. The van der Waals surface area contributed by atoms with Gasteiger partial charge in [-0.1, -0.05) is 23.5 Å². The van der Waals surface area contributed by atoms with Crippen molar-refractivity contribution in [2.45, 2.75) is 6.54 Å². The van der Waals surface area contributed by atoms with Crippen LogP contribution in [0.25, 0.3) is 4.96 Å². The van der Waals surface area contributed by atoms with E-state index in [9.17, 15) is 10.1 Å². The zero-order valence-corrected chi connectivity index (χ0v) is 13.0. The molecule has 0 spiro atoms. The molecule has 114 valence electrons. The van der Waals surface area contributed by atoms with Crippen molar-refractivity contribution in [3.05, 3.63) is 51.5 Å². The number of nitrogens with zero attached hydrogens (tertiary/aromatic N) is 4. The van der Waals surface area contributed by atoms with Gasteiger partial charge in [-0.15, -0.1) is 0 Å². The van der Waals surface area contributed by atoms with Gasteiger partial charge in [-0.2, -0.15) is 9.38 Å². The van der Waals surface area contributed by atoms with Crippen molar-refractivity contribution in [3.63, 3.8) is 0 Å². The molecule has 2 heterocycles. The summed E-state index contributed by atoms with van der Waals surface area (Å²) in [7, 11) is 3.96. The lowest BCUT2D eigenvalue weighted by atomic mass is 10.2. The first-order valence-electron chi connectivity index (χ1n) is 6.66. The number of hydrogen-bond acceptors (Lipinski definition) is 6. The fourth-order valence-corrected chi connectivity index (χ4v) is 2.87. The lowest BCUT2D eigenvalue weighted by Gasteiger charge is -2.12. The van der Waals surface area contributed by atoms with E-state index in [0.717, 1.165) is 11.3 Å². The Hall–Kier alpha value is -2.61. The topological polar surface area (TPSA) is 75.7 Å². The number of anilines is 2. The Morgan fingerprint density at radius 1 is 1.36 bits per heavy atom. The van der Waals surface area contributed by atoms with E-state index >= 15 is 0 Å². The highest BCUT2D eigenvalue weighted by Crippen LogP contribution is 2.28. The van der Waals surface area contributed by atoms with Crippen LogP contribution in [-0.2, 0) is 6.54 Å². The highest BCUT2D eigenvalue weighted by atomic mass is 32.1. The standard InChI is InChI=1S/C14H15N5O2S/c1-17(2)11-5-3-10(4-6-11)9-15-12-13(19(20)21)18-7-8-22-14(18)16-12/h3-8,15H,9H2,1-2H3. The SMILES string of the molecule is CN(C)c1ccc(CNc2nc3sccn3c2[N+](=O)[O-])cc1. The molecule has 0 aliphatic rings. The molecule has 0 aliphatic heterocycles. The Morgan fingerprint density at radius 2 is 2.09 bits per heavy atom. The van der Waals surface area contributed by atoms with E-state index in [1.165, 1.54) is 15.7 Å². The van der Waals surface area contributed by atoms with E-state index in [0.29, 0.717) is 17.3 Å². The first-order valence-corrected chi connectivity index (χ1v) is 7.54. The van der Waals surface area contributed by atoms with Crippen LogP contribution in [0.2, 0.25) is 0 Å². The second-order valence-electron chi connectivity index (χ2n) is 5.01. The van der Waals surface area contributed by atoms with Gasteiger partial charge in [-0.3, -0.25) is 0 Å². The molecular weight excluding hydrogens is 302 g/mol. The molecule has 3 rings (SSSR count). The highest BCUT2D eigenvalue weighted by Gasteiger charge is 2.23. The normalized spacial score (nSPS) is 10.8. The number of thiazole rings is 1. The summed E-state index contributed by atoms with van der Waals surface area (Å²) in [6, 6.07) is 8.01. The Bertz CT molecular complexity index is 806. The van der Waals surface area contributed by atoms with Gasteiger partial charge in [0.1, 0.15) is 6.20 Å². The Balaban J connectivity index is 1.80. The third-order valence-electron chi connectivity index (χ3n) is 3.32. The van der Waals surface area contributed by atoms with Crippen LogP contribution in [0, 0.1) is 10.1 Å². The number of nitro groups is 1. The molecule has 0 bridgehead atoms. The van der Waals surface area contributed by atoms with Crippen LogP contribution < -0.4 is 10.2 Å². The molecule has 22 heavy (non-hydrogen) atoms. The molecule has 0 unspecified atom stereocenters. The number of rotatable bonds is 5. The third-order valence-corrected chi connectivity index (χ3v) is 4.08. The fourth-order valence-electron chi connectivity index (χ4n) is 2.16. The van der Waals surface area contributed by atoms with Gasteiger partial charge in [0.15, 0.2) is 0 Å². The lowest BCUT2D eigenvalue weighted by Crippen LogP contribution is -2.08. The van der Waals surface area contributed by atoms with Crippen LogP contribution in [0.1, 0.15) is 5.56 Å². The molecule has 7 nitrogen and oxygen atoms in total. The molecule has 0 saturated carbocycles. The van der Waals surface area contributed by atoms with E-state index in [2.05, 4.69) is 10.3 Å². The van der Waals surface area contributed by atoms with Gasteiger partial charge >= 0.3 is 5.82 Å². The van der Waals surface area contributed by atoms with Crippen LogP contribution in [0.3, 0.4) is 0 Å². The molecule has 3 aromatic rings. The van der Waals surface area contributed by atoms with Gasteiger partial charge in [-0.25, -0.2) is 0 Å². The van der Waals surface area contributed by atoms with Crippen LogP contribution >= 0.6 is 11.3 Å². The van der Waals surface area contributed by atoms with Gasteiger partial charge in [-0.05, 0) is 22.6 Å². The maximum atomic E-state index is 11.2. The Kier molecular flexibility index (Phi) is 3.68. The van der Waals surface area contributed by atoms with Gasteiger partial charge < -0.3 is 20.3 Å². The molecule has 0 aliphatic carbocycles. The predicted molar refractivity (Wildman–Crippen MR) is 87.8 cm³/mol. The third kappa shape index (κ3) is 2.60. The minimum absolute atomic E-state index is 0.0267. The van der Waals surface area contributed by atoms with Crippen molar-refractivity contribution < 1.29 is 4.92 Å². The number of nitrogens with one attached hydrogen (secondary N) is 1. The Labute approximate surface area is 131 Å². The van der Waals surface area contributed by atoms with Crippen molar-refractivity contribution >= 4 is 33.6 Å². The minimum Gasteiger partial charge on any atom is -0.378 e. The monoisotopic (exact) mass is 317 g/mol. The average molecular weight is 317 g/mol. The zero-order chi connectivity index (χ0) is 15.7. The summed E-state index contributed by atoms with van der Waals surface area (Å²) in [5, 5.41) is 16.1. The molecule has 1 aromatic carbocycles. The number of aromatic nitrogens is 2. The van der Waals surface area contributed by atoms with Crippen molar-refractivity contribution in [1.82, 2.24) is 9.38 Å². The van der Waals surface area contributed by atoms with E-state index in [1.807, 2.05) is 43.3 Å². The summed E-state index contributed by atoms with van der Waals surface area (Å²) in [6.45, 7) is 0.485. The van der Waals surface area contributed by atoms with Crippen LogP contribution in [0.5, 0.6) is 0 Å². The van der Waals surface area contributed by atoms with Crippen molar-refractivity contribution in [2.24, 2.45) is 0 Å². The number of hydrogen-bond donors (Lipinski definition) is 1. The molecule has 0 atom stereocenters. The lowest BCUT2D eigenvalue weighted by molar-refractivity contribution is -0.389. The summed E-state index contributed by atoms with van der Waals surface area (Å²) in [5.74, 6) is 0.273. The maximum absolute atomic E-state index is 11.2. The number of fused-ring (bicyclic) bond motifs is 1. The second-order valence-corrected chi connectivity index (χ2v) is 5.88. The number of imidazole rings is 1. The van der Waals surface area contributed by atoms with E-state index < -0.39 is 4.92 Å². The smallest absolute Gasteiger partial charge is 0.372 e. The van der Waals surface area contributed by atoms with Crippen LogP contribution in [0.4, 0.5) is 17.3 Å². The van der Waals surface area contributed by atoms with Gasteiger partial charge in [0.2, 0.25) is 5.82 Å².